The van der Waals surface area contributed by atoms with Crippen LogP contribution in [0.2, 0.25) is 5.02 Å². The first-order valence-electron chi connectivity index (χ1n) is 11.5. The second kappa shape index (κ2) is 10.5. The molecule has 0 aliphatic rings. The SMILES string of the molecule is Cn1ncc(-c2ccc3c(=O)[nH]nc(CNC(=O)OC(C)(C)C)c3c2)c1/C=C(\C#N)c1ccc(Cl)c(F)c1. The number of carbonyl (C=O) groups is 1. The number of allylic oxidation sites excluding steroid dienone is 1. The number of hydrogen-bond acceptors (Lipinski definition) is 6. The van der Waals surface area contributed by atoms with E-state index in [1.807, 2.05) is 0 Å². The van der Waals surface area contributed by atoms with Gasteiger partial charge in [-0.25, -0.2) is 14.3 Å². The topological polar surface area (TPSA) is 126 Å². The lowest BCUT2D eigenvalue weighted by molar-refractivity contribution is 0.0523. The zero-order valence-electron chi connectivity index (χ0n) is 21.1. The number of nitriles is 1. The van der Waals surface area contributed by atoms with E-state index in [1.165, 1.54) is 12.1 Å². The van der Waals surface area contributed by atoms with Gasteiger partial charge in [-0.1, -0.05) is 23.7 Å². The second-order valence-electron chi connectivity index (χ2n) is 9.48. The molecule has 38 heavy (non-hydrogen) atoms. The molecule has 1 amide bonds. The van der Waals surface area contributed by atoms with Crippen molar-refractivity contribution >= 4 is 40.1 Å². The van der Waals surface area contributed by atoms with E-state index < -0.39 is 17.5 Å². The van der Waals surface area contributed by atoms with Gasteiger partial charge in [-0.15, -0.1) is 0 Å². The number of benzene rings is 2. The number of H-pyrrole nitrogens is 1. The van der Waals surface area contributed by atoms with Crippen molar-refractivity contribution in [3.63, 3.8) is 0 Å². The minimum absolute atomic E-state index is 0.0200. The van der Waals surface area contributed by atoms with Gasteiger partial charge in [0.1, 0.15) is 11.4 Å². The zero-order valence-corrected chi connectivity index (χ0v) is 21.9. The van der Waals surface area contributed by atoms with Gasteiger partial charge < -0.3 is 10.1 Å². The van der Waals surface area contributed by atoms with Crippen LogP contribution in [-0.4, -0.2) is 31.7 Å². The lowest BCUT2D eigenvalue weighted by Crippen LogP contribution is -2.32. The molecule has 0 atom stereocenters. The Balaban J connectivity index is 1.75. The maximum Gasteiger partial charge on any atom is 0.407 e. The van der Waals surface area contributed by atoms with Gasteiger partial charge >= 0.3 is 6.09 Å². The Bertz CT molecular complexity index is 1680. The maximum atomic E-state index is 14.0. The molecule has 9 nitrogen and oxygen atoms in total. The summed E-state index contributed by atoms with van der Waals surface area (Å²) in [6, 6.07) is 11.4. The van der Waals surface area contributed by atoms with Crippen LogP contribution in [0.25, 0.3) is 33.5 Å². The summed E-state index contributed by atoms with van der Waals surface area (Å²) in [5.74, 6) is -0.629. The third-order valence-electron chi connectivity index (χ3n) is 5.59. The van der Waals surface area contributed by atoms with Crippen molar-refractivity contribution < 1.29 is 13.9 Å². The Morgan fingerprint density at radius 3 is 2.71 bits per heavy atom. The molecule has 0 aliphatic heterocycles. The first-order valence-corrected chi connectivity index (χ1v) is 11.9. The van der Waals surface area contributed by atoms with E-state index in [1.54, 1.807) is 69.0 Å². The fraction of sp³-hybridized carbons (Fsp3) is 0.222. The summed E-state index contributed by atoms with van der Waals surface area (Å²) in [5, 5.41) is 24.2. The normalized spacial score (nSPS) is 11.9. The molecule has 4 aromatic rings. The molecule has 0 saturated heterocycles. The average molecular weight is 535 g/mol. The number of fused-ring (bicyclic) bond motifs is 1. The number of ether oxygens (including phenoxy) is 1. The first kappa shape index (κ1) is 26.6. The molecule has 11 heteroatoms. The van der Waals surface area contributed by atoms with Crippen LogP contribution >= 0.6 is 11.6 Å². The standard InChI is InChI=1S/C27H24ClFN6O3/c1-27(2,3)38-26(37)31-14-23-19-9-16(5-7-18(19)25(36)34-33-23)20-13-32-35(4)24(20)11-17(12-30)15-6-8-21(28)22(29)10-15/h5-11,13H,14H2,1-4H3,(H,31,37)(H,34,36)/b17-11+. The van der Waals surface area contributed by atoms with Gasteiger partial charge in [0.25, 0.3) is 5.56 Å². The van der Waals surface area contributed by atoms with E-state index in [4.69, 9.17) is 16.3 Å². The molecular formula is C27H24ClFN6O3. The molecule has 0 saturated carbocycles. The Morgan fingerprint density at radius 1 is 1.26 bits per heavy atom. The molecule has 2 heterocycles. The lowest BCUT2D eigenvalue weighted by Gasteiger charge is -2.19. The smallest absolute Gasteiger partial charge is 0.407 e. The van der Waals surface area contributed by atoms with Crippen LogP contribution in [0.3, 0.4) is 0 Å². The van der Waals surface area contributed by atoms with Crippen molar-refractivity contribution in [2.75, 3.05) is 0 Å². The maximum absolute atomic E-state index is 14.0. The van der Waals surface area contributed by atoms with Crippen LogP contribution in [0, 0.1) is 17.1 Å². The van der Waals surface area contributed by atoms with E-state index in [0.29, 0.717) is 38.9 Å². The van der Waals surface area contributed by atoms with Gasteiger partial charge in [-0.3, -0.25) is 9.48 Å². The van der Waals surface area contributed by atoms with Crippen LogP contribution in [0.4, 0.5) is 9.18 Å². The molecule has 0 bridgehead atoms. The highest BCUT2D eigenvalue weighted by Gasteiger charge is 2.18. The van der Waals surface area contributed by atoms with E-state index >= 15 is 0 Å². The molecule has 0 fully saturated rings. The fourth-order valence-electron chi connectivity index (χ4n) is 3.81. The number of rotatable bonds is 5. The largest absolute Gasteiger partial charge is 0.444 e. The van der Waals surface area contributed by atoms with Crippen molar-refractivity contribution in [1.82, 2.24) is 25.3 Å². The third kappa shape index (κ3) is 5.74. The van der Waals surface area contributed by atoms with E-state index in [9.17, 15) is 19.2 Å². The van der Waals surface area contributed by atoms with Gasteiger partial charge in [0.05, 0.1) is 46.2 Å². The quantitative estimate of drug-likeness (QED) is 0.339. The zero-order chi connectivity index (χ0) is 27.6. The minimum Gasteiger partial charge on any atom is -0.444 e. The molecule has 0 aliphatic carbocycles. The van der Waals surface area contributed by atoms with Crippen LogP contribution in [0.5, 0.6) is 0 Å². The molecular weight excluding hydrogens is 511 g/mol. The Kier molecular flexibility index (Phi) is 7.32. The Labute approximate surface area is 222 Å². The number of alkyl carbamates (subject to hydrolysis) is 1. The summed E-state index contributed by atoms with van der Waals surface area (Å²) in [6.07, 6.45) is 2.62. The number of carbonyl (C=O) groups excluding carboxylic acids is 1. The monoisotopic (exact) mass is 534 g/mol. The number of amides is 1. The van der Waals surface area contributed by atoms with Crippen molar-refractivity contribution in [2.45, 2.75) is 32.9 Å². The summed E-state index contributed by atoms with van der Waals surface area (Å²) in [6.45, 7) is 5.29. The van der Waals surface area contributed by atoms with Crippen molar-refractivity contribution in [3.05, 3.63) is 80.7 Å². The van der Waals surface area contributed by atoms with Crippen LogP contribution in [0.15, 0.2) is 47.4 Å². The van der Waals surface area contributed by atoms with Gasteiger partial charge in [-0.05, 0) is 62.2 Å². The number of halogens is 2. The summed E-state index contributed by atoms with van der Waals surface area (Å²) in [4.78, 5) is 24.6. The molecule has 194 valence electrons. The summed E-state index contributed by atoms with van der Waals surface area (Å²) >= 11 is 5.79. The first-order chi connectivity index (χ1) is 18.0. The van der Waals surface area contributed by atoms with Crippen LogP contribution in [0.1, 0.15) is 37.7 Å². The molecule has 2 aromatic carbocycles. The fourth-order valence-corrected chi connectivity index (χ4v) is 3.93. The second-order valence-corrected chi connectivity index (χ2v) is 9.89. The van der Waals surface area contributed by atoms with Gasteiger partial charge in [-0.2, -0.15) is 15.5 Å². The predicted molar refractivity (Wildman–Crippen MR) is 143 cm³/mol. The van der Waals surface area contributed by atoms with Crippen LogP contribution < -0.4 is 10.9 Å². The Morgan fingerprint density at radius 2 is 2.03 bits per heavy atom. The van der Waals surface area contributed by atoms with Crippen molar-refractivity contribution in [2.24, 2.45) is 7.05 Å². The average Bonchev–Trinajstić information content (AvgIpc) is 3.22. The summed E-state index contributed by atoms with van der Waals surface area (Å²) in [7, 11) is 1.72. The highest BCUT2D eigenvalue weighted by molar-refractivity contribution is 6.30. The lowest BCUT2D eigenvalue weighted by atomic mass is 9.99. The van der Waals surface area contributed by atoms with Gasteiger partial charge in [0, 0.05) is 18.0 Å². The van der Waals surface area contributed by atoms with Crippen LogP contribution in [-0.2, 0) is 18.3 Å². The van der Waals surface area contributed by atoms with Crippen molar-refractivity contribution in [1.29, 1.82) is 5.26 Å². The van der Waals surface area contributed by atoms with E-state index in [2.05, 4.69) is 26.7 Å². The number of nitrogens with zero attached hydrogens (tertiary/aromatic N) is 4. The van der Waals surface area contributed by atoms with E-state index in [-0.39, 0.29) is 22.7 Å². The van der Waals surface area contributed by atoms with E-state index in [0.717, 1.165) is 0 Å². The minimum atomic E-state index is -0.665. The molecule has 0 spiro atoms. The number of aromatic nitrogens is 4. The highest BCUT2D eigenvalue weighted by Crippen LogP contribution is 2.30. The molecule has 2 N–H and O–H groups in total. The summed E-state index contributed by atoms with van der Waals surface area (Å²) in [5.41, 5.74) is 1.92. The number of aromatic amines is 1. The number of nitrogens with one attached hydrogen (secondary N) is 2. The molecule has 2 aromatic heterocycles. The highest BCUT2D eigenvalue weighted by atomic mass is 35.5. The van der Waals surface area contributed by atoms with Crippen molar-refractivity contribution in [3.8, 4) is 17.2 Å². The molecule has 0 radical (unpaired) electrons. The number of hydrogen-bond donors (Lipinski definition) is 2. The Hall–Kier alpha value is -4.49. The predicted octanol–water partition coefficient (Wildman–Crippen LogP) is 5.20. The van der Waals surface area contributed by atoms with Gasteiger partial charge in [0.15, 0.2) is 0 Å². The summed E-state index contributed by atoms with van der Waals surface area (Å²) < 4.78 is 20.9. The third-order valence-corrected chi connectivity index (χ3v) is 5.90. The molecule has 4 rings (SSSR count). The number of aryl methyl sites for hydroxylation is 1. The molecule has 0 unspecified atom stereocenters. The van der Waals surface area contributed by atoms with Gasteiger partial charge in [0.2, 0.25) is 0 Å².